The van der Waals surface area contributed by atoms with Crippen LogP contribution in [0.25, 0.3) is 0 Å². The zero-order chi connectivity index (χ0) is 13.8. The number of amides is 2. The molecule has 8 nitrogen and oxygen atoms in total. The normalized spacial score (nSPS) is 22.2. The Morgan fingerprint density at radius 1 is 1.53 bits per heavy atom. The Balaban J connectivity index is 1.79. The molecule has 8 heteroatoms. The van der Waals surface area contributed by atoms with E-state index in [1.165, 1.54) is 0 Å². The van der Waals surface area contributed by atoms with Crippen LogP contribution in [-0.4, -0.2) is 41.3 Å². The van der Waals surface area contributed by atoms with E-state index in [1.807, 2.05) is 0 Å². The molecule has 1 aliphatic heterocycles. The summed E-state index contributed by atoms with van der Waals surface area (Å²) in [5.74, 6) is -0.640. The van der Waals surface area contributed by atoms with E-state index in [4.69, 9.17) is 14.3 Å². The van der Waals surface area contributed by atoms with Gasteiger partial charge in [-0.1, -0.05) is 0 Å². The third-order valence-electron chi connectivity index (χ3n) is 2.78. The van der Waals surface area contributed by atoms with Gasteiger partial charge in [0.2, 0.25) is 5.89 Å². The molecule has 1 aliphatic rings. The third-order valence-corrected chi connectivity index (χ3v) is 2.78. The number of ether oxygens (including phenoxy) is 1. The number of rotatable bonds is 4. The highest BCUT2D eigenvalue weighted by Crippen LogP contribution is 2.13. The van der Waals surface area contributed by atoms with Gasteiger partial charge in [0.1, 0.15) is 11.7 Å². The molecule has 1 saturated heterocycles. The summed E-state index contributed by atoms with van der Waals surface area (Å²) in [6.07, 6.45) is 1.56. The lowest BCUT2D eigenvalue weighted by molar-refractivity contribution is -0.142. The van der Waals surface area contributed by atoms with Crippen LogP contribution in [0.5, 0.6) is 0 Å². The summed E-state index contributed by atoms with van der Waals surface area (Å²) >= 11 is 0. The molecule has 0 saturated carbocycles. The largest absolute Gasteiger partial charge is 0.481 e. The molecule has 0 aliphatic carbocycles. The smallest absolute Gasteiger partial charge is 0.315 e. The first-order chi connectivity index (χ1) is 9.06. The van der Waals surface area contributed by atoms with E-state index in [0.717, 1.165) is 0 Å². The molecule has 2 unspecified atom stereocenters. The van der Waals surface area contributed by atoms with E-state index in [2.05, 4.69) is 15.6 Å². The Morgan fingerprint density at radius 2 is 2.32 bits per heavy atom. The fraction of sp³-hybridized carbons (Fsp3) is 0.545. The molecule has 19 heavy (non-hydrogen) atoms. The van der Waals surface area contributed by atoms with Gasteiger partial charge in [0.05, 0.1) is 32.0 Å². The topological polar surface area (TPSA) is 114 Å². The number of urea groups is 1. The van der Waals surface area contributed by atoms with Crippen molar-refractivity contribution < 1.29 is 23.8 Å². The summed E-state index contributed by atoms with van der Waals surface area (Å²) in [7, 11) is 0. The SMILES string of the molecule is Cc1cnc(CNC(=O)NC2COCC2C(=O)O)o1. The number of nitrogens with one attached hydrogen (secondary N) is 2. The van der Waals surface area contributed by atoms with E-state index in [1.54, 1.807) is 13.1 Å². The van der Waals surface area contributed by atoms with E-state index in [0.29, 0.717) is 11.7 Å². The predicted molar refractivity (Wildman–Crippen MR) is 62.3 cm³/mol. The number of nitrogens with zero attached hydrogens (tertiary/aromatic N) is 1. The van der Waals surface area contributed by atoms with Crippen molar-refractivity contribution in [3.05, 3.63) is 17.8 Å². The van der Waals surface area contributed by atoms with Crippen LogP contribution in [0.15, 0.2) is 10.6 Å². The fourth-order valence-corrected chi connectivity index (χ4v) is 1.80. The molecule has 0 aromatic carbocycles. The average molecular weight is 269 g/mol. The number of carboxylic acids is 1. The number of hydrogen-bond donors (Lipinski definition) is 3. The van der Waals surface area contributed by atoms with Crippen LogP contribution in [0.1, 0.15) is 11.7 Å². The third kappa shape index (κ3) is 3.44. The molecule has 0 radical (unpaired) electrons. The molecule has 0 spiro atoms. The van der Waals surface area contributed by atoms with Crippen molar-refractivity contribution in [2.24, 2.45) is 5.92 Å². The van der Waals surface area contributed by atoms with Gasteiger partial charge in [0, 0.05) is 0 Å². The number of carbonyl (C=O) groups is 2. The molecule has 1 aromatic rings. The highest BCUT2D eigenvalue weighted by molar-refractivity contribution is 5.77. The van der Waals surface area contributed by atoms with Crippen LogP contribution in [0.2, 0.25) is 0 Å². The average Bonchev–Trinajstić information content (AvgIpc) is 2.95. The maximum Gasteiger partial charge on any atom is 0.315 e. The summed E-state index contributed by atoms with van der Waals surface area (Å²) in [4.78, 5) is 26.4. The van der Waals surface area contributed by atoms with Crippen LogP contribution >= 0.6 is 0 Å². The van der Waals surface area contributed by atoms with Crippen molar-refractivity contribution in [3.63, 3.8) is 0 Å². The van der Waals surface area contributed by atoms with Crippen molar-refractivity contribution in [1.82, 2.24) is 15.6 Å². The summed E-state index contributed by atoms with van der Waals surface area (Å²) < 4.78 is 10.2. The zero-order valence-electron chi connectivity index (χ0n) is 10.4. The molecule has 0 bridgehead atoms. The van der Waals surface area contributed by atoms with Crippen molar-refractivity contribution in [2.45, 2.75) is 19.5 Å². The second kappa shape index (κ2) is 5.70. The van der Waals surface area contributed by atoms with Gasteiger partial charge in [0.25, 0.3) is 0 Å². The lowest BCUT2D eigenvalue weighted by atomic mass is 10.0. The maximum absolute atomic E-state index is 11.6. The number of aromatic nitrogens is 1. The highest BCUT2D eigenvalue weighted by Gasteiger charge is 2.35. The second-order valence-electron chi connectivity index (χ2n) is 4.28. The fourth-order valence-electron chi connectivity index (χ4n) is 1.80. The van der Waals surface area contributed by atoms with E-state index in [9.17, 15) is 9.59 Å². The van der Waals surface area contributed by atoms with Crippen molar-refractivity contribution in [3.8, 4) is 0 Å². The molecule has 3 N–H and O–H groups in total. The minimum absolute atomic E-state index is 0.110. The van der Waals surface area contributed by atoms with E-state index >= 15 is 0 Å². The van der Waals surface area contributed by atoms with Crippen LogP contribution in [0.3, 0.4) is 0 Å². The Bertz CT molecular complexity index is 473. The number of aryl methyl sites for hydroxylation is 1. The summed E-state index contributed by atoms with van der Waals surface area (Å²) in [5, 5.41) is 14.0. The lowest BCUT2D eigenvalue weighted by Gasteiger charge is -2.15. The van der Waals surface area contributed by atoms with Gasteiger partial charge in [0.15, 0.2) is 0 Å². The summed E-state index contributed by atoms with van der Waals surface area (Å²) in [6.45, 7) is 2.20. The Labute approximate surface area is 109 Å². The van der Waals surface area contributed by atoms with E-state index in [-0.39, 0.29) is 19.8 Å². The molecule has 2 amide bonds. The molecule has 1 aromatic heterocycles. The van der Waals surface area contributed by atoms with Crippen LogP contribution in [-0.2, 0) is 16.1 Å². The molecular weight excluding hydrogens is 254 g/mol. The second-order valence-corrected chi connectivity index (χ2v) is 4.28. The van der Waals surface area contributed by atoms with Gasteiger partial charge in [-0.25, -0.2) is 9.78 Å². The van der Waals surface area contributed by atoms with E-state index < -0.39 is 24.0 Å². The number of oxazole rings is 1. The first-order valence-electron chi connectivity index (χ1n) is 5.82. The Morgan fingerprint density at radius 3 is 2.95 bits per heavy atom. The minimum atomic E-state index is -0.980. The Kier molecular flexibility index (Phi) is 4.00. The lowest BCUT2D eigenvalue weighted by Crippen LogP contribution is -2.47. The summed E-state index contributed by atoms with van der Waals surface area (Å²) in [6, 6.07) is -0.999. The minimum Gasteiger partial charge on any atom is -0.481 e. The molecule has 2 rings (SSSR count). The van der Waals surface area contributed by atoms with Crippen LogP contribution < -0.4 is 10.6 Å². The van der Waals surface area contributed by atoms with Crippen LogP contribution in [0.4, 0.5) is 4.79 Å². The molecule has 2 atom stereocenters. The van der Waals surface area contributed by atoms with Gasteiger partial charge in [-0.15, -0.1) is 0 Å². The number of carboxylic acid groups (broad SMARTS) is 1. The molecular formula is C11H15N3O5. The van der Waals surface area contributed by atoms with Gasteiger partial charge in [-0.3, -0.25) is 4.79 Å². The van der Waals surface area contributed by atoms with Gasteiger partial charge in [-0.05, 0) is 6.92 Å². The predicted octanol–water partition coefficient (Wildman–Crippen LogP) is -0.118. The Hall–Kier alpha value is -2.09. The number of carbonyl (C=O) groups excluding carboxylic acids is 1. The first-order valence-corrected chi connectivity index (χ1v) is 5.82. The molecule has 1 fully saturated rings. The quantitative estimate of drug-likeness (QED) is 0.702. The van der Waals surface area contributed by atoms with Gasteiger partial charge < -0.3 is 24.9 Å². The number of hydrogen-bond acceptors (Lipinski definition) is 5. The van der Waals surface area contributed by atoms with Crippen molar-refractivity contribution >= 4 is 12.0 Å². The van der Waals surface area contributed by atoms with Gasteiger partial charge in [-0.2, -0.15) is 0 Å². The van der Waals surface area contributed by atoms with Crippen LogP contribution in [0, 0.1) is 12.8 Å². The standard InChI is InChI=1S/C11H15N3O5/c1-6-2-12-9(19-6)3-13-11(17)14-8-5-18-4-7(8)10(15)16/h2,7-8H,3-5H2,1H3,(H,15,16)(H2,13,14,17). The zero-order valence-corrected chi connectivity index (χ0v) is 10.4. The van der Waals surface area contributed by atoms with Gasteiger partial charge >= 0.3 is 12.0 Å². The van der Waals surface area contributed by atoms with Crippen molar-refractivity contribution in [2.75, 3.05) is 13.2 Å². The monoisotopic (exact) mass is 269 g/mol. The molecule has 2 heterocycles. The summed E-state index contributed by atoms with van der Waals surface area (Å²) in [5.41, 5.74) is 0. The first kappa shape index (κ1) is 13.3. The maximum atomic E-state index is 11.6. The number of aliphatic carboxylic acids is 1. The van der Waals surface area contributed by atoms with Crippen molar-refractivity contribution in [1.29, 1.82) is 0 Å². The highest BCUT2D eigenvalue weighted by atomic mass is 16.5. The molecule has 104 valence electrons.